The summed E-state index contributed by atoms with van der Waals surface area (Å²) in [5.41, 5.74) is 4.55. The van der Waals surface area contributed by atoms with E-state index in [0.29, 0.717) is 6.42 Å². The molecule has 0 saturated heterocycles. The number of amides is 1. The van der Waals surface area contributed by atoms with Gasteiger partial charge in [-0.25, -0.2) is 0 Å². The Balaban J connectivity index is 2.00. The first kappa shape index (κ1) is 16.1. The zero-order valence-electron chi connectivity index (χ0n) is 13.6. The van der Waals surface area contributed by atoms with E-state index in [9.17, 15) is 4.79 Å². The van der Waals surface area contributed by atoms with Crippen LogP contribution in [0.2, 0.25) is 0 Å². The fourth-order valence-corrected chi connectivity index (χ4v) is 2.53. The van der Waals surface area contributed by atoms with Crippen molar-refractivity contribution in [2.75, 3.05) is 7.11 Å². The number of rotatable bonds is 5. The van der Waals surface area contributed by atoms with Crippen molar-refractivity contribution in [3.8, 4) is 5.75 Å². The Hall–Kier alpha value is -2.29. The number of carbonyl (C=O) groups is 1. The monoisotopic (exact) mass is 297 g/mol. The summed E-state index contributed by atoms with van der Waals surface area (Å²) in [6, 6.07) is 13.9. The molecule has 0 aromatic heterocycles. The molecule has 0 spiro atoms. The molecule has 2 rings (SSSR count). The van der Waals surface area contributed by atoms with Crippen LogP contribution in [0.25, 0.3) is 0 Å². The van der Waals surface area contributed by atoms with Crippen LogP contribution in [0.15, 0.2) is 42.5 Å². The molecule has 3 heteroatoms. The average molecular weight is 297 g/mol. The van der Waals surface area contributed by atoms with Gasteiger partial charge in [-0.3, -0.25) is 4.79 Å². The fourth-order valence-electron chi connectivity index (χ4n) is 2.53. The molecule has 0 aliphatic heterocycles. The SMILES string of the molecule is COc1ccc(CC(=O)N[C@H](C)c2cc(C)ccc2C)cc1. The quantitative estimate of drug-likeness (QED) is 0.913. The normalized spacial score (nSPS) is 11.8. The molecule has 0 radical (unpaired) electrons. The molecule has 0 bridgehead atoms. The molecule has 2 aromatic rings. The van der Waals surface area contributed by atoms with Gasteiger partial charge in [0, 0.05) is 0 Å². The van der Waals surface area contributed by atoms with E-state index in [0.717, 1.165) is 11.3 Å². The van der Waals surface area contributed by atoms with E-state index >= 15 is 0 Å². The summed E-state index contributed by atoms with van der Waals surface area (Å²) >= 11 is 0. The van der Waals surface area contributed by atoms with E-state index in [1.807, 2.05) is 31.2 Å². The Morgan fingerprint density at radius 1 is 1.14 bits per heavy atom. The van der Waals surface area contributed by atoms with Crippen molar-refractivity contribution < 1.29 is 9.53 Å². The molecule has 0 unspecified atom stereocenters. The zero-order chi connectivity index (χ0) is 16.1. The Bertz CT molecular complexity index is 647. The van der Waals surface area contributed by atoms with E-state index in [1.165, 1.54) is 16.7 Å². The van der Waals surface area contributed by atoms with Crippen molar-refractivity contribution in [1.82, 2.24) is 5.32 Å². The molecule has 1 N–H and O–H groups in total. The van der Waals surface area contributed by atoms with Crippen LogP contribution >= 0.6 is 0 Å². The maximum Gasteiger partial charge on any atom is 0.224 e. The lowest BCUT2D eigenvalue weighted by molar-refractivity contribution is -0.121. The van der Waals surface area contributed by atoms with Gasteiger partial charge in [0.25, 0.3) is 0 Å². The Morgan fingerprint density at radius 2 is 1.82 bits per heavy atom. The standard InChI is InChI=1S/C19H23NO2/c1-13-5-6-14(2)18(11-13)15(3)20-19(21)12-16-7-9-17(22-4)10-8-16/h5-11,15H,12H2,1-4H3,(H,20,21)/t15-/m1/s1. The average Bonchev–Trinajstić information content (AvgIpc) is 2.50. The first-order chi connectivity index (χ1) is 10.5. The third-order valence-corrected chi connectivity index (χ3v) is 3.80. The number of hydrogen-bond acceptors (Lipinski definition) is 2. The first-order valence-electron chi connectivity index (χ1n) is 7.49. The molecule has 0 aliphatic rings. The molecule has 0 aliphatic carbocycles. The minimum absolute atomic E-state index is 0.00523. The maximum atomic E-state index is 12.2. The van der Waals surface area contributed by atoms with Gasteiger partial charge < -0.3 is 10.1 Å². The van der Waals surface area contributed by atoms with Gasteiger partial charge >= 0.3 is 0 Å². The first-order valence-corrected chi connectivity index (χ1v) is 7.49. The lowest BCUT2D eigenvalue weighted by Gasteiger charge is -2.17. The van der Waals surface area contributed by atoms with Crippen molar-refractivity contribution in [3.05, 3.63) is 64.7 Å². The van der Waals surface area contributed by atoms with Gasteiger partial charge in [-0.05, 0) is 49.6 Å². The van der Waals surface area contributed by atoms with Crippen LogP contribution < -0.4 is 10.1 Å². The van der Waals surface area contributed by atoms with Crippen LogP contribution in [0.4, 0.5) is 0 Å². The van der Waals surface area contributed by atoms with E-state index in [4.69, 9.17) is 4.74 Å². The topological polar surface area (TPSA) is 38.3 Å². The molecular weight excluding hydrogens is 274 g/mol. The number of carbonyl (C=O) groups excluding carboxylic acids is 1. The molecule has 3 nitrogen and oxygen atoms in total. The smallest absolute Gasteiger partial charge is 0.224 e. The van der Waals surface area contributed by atoms with Gasteiger partial charge in [-0.15, -0.1) is 0 Å². The van der Waals surface area contributed by atoms with Crippen LogP contribution in [-0.4, -0.2) is 13.0 Å². The molecule has 1 amide bonds. The molecule has 1 atom stereocenters. The largest absolute Gasteiger partial charge is 0.497 e. The van der Waals surface area contributed by atoms with Crippen molar-refractivity contribution >= 4 is 5.91 Å². The highest BCUT2D eigenvalue weighted by Gasteiger charge is 2.12. The second-order valence-electron chi connectivity index (χ2n) is 5.67. The highest BCUT2D eigenvalue weighted by atomic mass is 16.5. The maximum absolute atomic E-state index is 12.2. The third-order valence-electron chi connectivity index (χ3n) is 3.80. The van der Waals surface area contributed by atoms with E-state index in [-0.39, 0.29) is 11.9 Å². The lowest BCUT2D eigenvalue weighted by Crippen LogP contribution is -2.28. The highest BCUT2D eigenvalue weighted by Crippen LogP contribution is 2.19. The molecule has 22 heavy (non-hydrogen) atoms. The van der Waals surface area contributed by atoms with Crippen molar-refractivity contribution in [2.24, 2.45) is 0 Å². The predicted molar refractivity (Wildman–Crippen MR) is 89.2 cm³/mol. The predicted octanol–water partition coefficient (Wildman–Crippen LogP) is 3.73. The van der Waals surface area contributed by atoms with Crippen LogP contribution in [-0.2, 0) is 11.2 Å². The molecule has 0 fully saturated rings. The van der Waals surface area contributed by atoms with Gasteiger partial charge in [0.1, 0.15) is 5.75 Å². The summed E-state index contributed by atoms with van der Waals surface area (Å²) in [6.45, 7) is 6.16. The van der Waals surface area contributed by atoms with Crippen molar-refractivity contribution in [1.29, 1.82) is 0 Å². The summed E-state index contributed by atoms with van der Waals surface area (Å²) in [6.07, 6.45) is 0.374. The number of ether oxygens (including phenoxy) is 1. The van der Waals surface area contributed by atoms with Crippen LogP contribution in [0.5, 0.6) is 5.75 Å². The minimum Gasteiger partial charge on any atom is -0.497 e. The highest BCUT2D eigenvalue weighted by molar-refractivity contribution is 5.79. The number of benzene rings is 2. The summed E-state index contributed by atoms with van der Waals surface area (Å²) in [7, 11) is 1.63. The summed E-state index contributed by atoms with van der Waals surface area (Å²) in [4.78, 5) is 12.2. The number of nitrogens with one attached hydrogen (secondary N) is 1. The Kier molecular flexibility index (Phi) is 5.21. The summed E-state index contributed by atoms with van der Waals surface area (Å²) < 4.78 is 5.12. The molecule has 0 heterocycles. The second kappa shape index (κ2) is 7.12. The summed E-state index contributed by atoms with van der Waals surface area (Å²) in [5, 5.41) is 3.07. The molecular formula is C19H23NO2. The minimum atomic E-state index is 0.00523. The number of aryl methyl sites for hydroxylation is 2. The zero-order valence-corrected chi connectivity index (χ0v) is 13.6. The van der Waals surface area contributed by atoms with Gasteiger partial charge in [0.2, 0.25) is 5.91 Å². The number of hydrogen-bond donors (Lipinski definition) is 1. The number of methoxy groups -OCH3 is 1. The van der Waals surface area contributed by atoms with Gasteiger partial charge in [0.05, 0.1) is 19.6 Å². The van der Waals surface area contributed by atoms with E-state index in [1.54, 1.807) is 7.11 Å². The van der Waals surface area contributed by atoms with Crippen LogP contribution in [0, 0.1) is 13.8 Å². The fraction of sp³-hybridized carbons (Fsp3) is 0.316. The summed E-state index contributed by atoms with van der Waals surface area (Å²) in [5.74, 6) is 0.825. The van der Waals surface area contributed by atoms with E-state index < -0.39 is 0 Å². The molecule has 116 valence electrons. The van der Waals surface area contributed by atoms with Crippen molar-refractivity contribution in [3.63, 3.8) is 0 Å². The third kappa shape index (κ3) is 4.10. The van der Waals surface area contributed by atoms with Gasteiger partial charge in [0.15, 0.2) is 0 Å². The molecule has 0 saturated carbocycles. The van der Waals surface area contributed by atoms with Gasteiger partial charge in [-0.2, -0.15) is 0 Å². The Morgan fingerprint density at radius 3 is 2.45 bits per heavy atom. The Labute approximate surface area is 132 Å². The van der Waals surface area contributed by atoms with Crippen molar-refractivity contribution in [2.45, 2.75) is 33.2 Å². The van der Waals surface area contributed by atoms with Crippen LogP contribution in [0.3, 0.4) is 0 Å². The second-order valence-corrected chi connectivity index (χ2v) is 5.67. The lowest BCUT2D eigenvalue weighted by atomic mass is 10.00. The molecule has 2 aromatic carbocycles. The van der Waals surface area contributed by atoms with E-state index in [2.05, 4.69) is 37.4 Å². The van der Waals surface area contributed by atoms with Crippen LogP contribution in [0.1, 0.15) is 35.2 Å². The van der Waals surface area contributed by atoms with Gasteiger partial charge in [-0.1, -0.05) is 35.9 Å².